The highest BCUT2D eigenvalue weighted by Crippen LogP contribution is 2.37. The van der Waals surface area contributed by atoms with Crippen LogP contribution in [0.1, 0.15) is 23.2 Å². The molecule has 1 heterocycles. The van der Waals surface area contributed by atoms with Gasteiger partial charge in [0.05, 0.1) is 16.6 Å². The third kappa shape index (κ3) is 1.60. The SMILES string of the molecule is CNc1c(C(F)F)c(C)cc2[nH]nc(C#N)c12. The Morgan fingerprint density at radius 1 is 1.53 bits per heavy atom. The van der Waals surface area contributed by atoms with Crippen LogP contribution in [-0.2, 0) is 0 Å². The number of nitrogens with zero attached hydrogens (tertiary/aromatic N) is 2. The molecule has 1 aromatic heterocycles. The van der Waals surface area contributed by atoms with Crippen molar-refractivity contribution in [3.05, 3.63) is 22.9 Å². The zero-order chi connectivity index (χ0) is 12.6. The molecule has 0 amide bonds. The molecule has 2 N–H and O–H groups in total. The maximum absolute atomic E-state index is 13.0. The summed E-state index contributed by atoms with van der Waals surface area (Å²) in [4.78, 5) is 0. The molecule has 0 unspecified atom stereocenters. The smallest absolute Gasteiger partial charge is 0.266 e. The van der Waals surface area contributed by atoms with Gasteiger partial charge in [0.25, 0.3) is 6.43 Å². The standard InChI is InChI=1S/C11H10F2N4/c1-5-3-6-9(7(4-14)17-16-6)10(15-2)8(5)11(12)13/h3,11,15H,1-2H3,(H,16,17). The first-order chi connectivity index (χ1) is 8.10. The number of hydrogen-bond donors (Lipinski definition) is 2. The first-order valence-electron chi connectivity index (χ1n) is 4.97. The number of hydrogen-bond acceptors (Lipinski definition) is 3. The van der Waals surface area contributed by atoms with Gasteiger partial charge >= 0.3 is 0 Å². The molecule has 6 heteroatoms. The van der Waals surface area contributed by atoms with Crippen LogP contribution < -0.4 is 5.32 Å². The van der Waals surface area contributed by atoms with Gasteiger partial charge in [0.1, 0.15) is 6.07 Å². The van der Waals surface area contributed by atoms with Crippen LogP contribution in [0.5, 0.6) is 0 Å². The highest BCUT2D eigenvalue weighted by Gasteiger charge is 2.21. The molecular formula is C11H10F2N4. The largest absolute Gasteiger partial charge is 0.387 e. The molecule has 0 saturated heterocycles. The maximum Gasteiger partial charge on any atom is 0.266 e. The Kier molecular flexibility index (Phi) is 2.68. The average Bonchev–Trinajstić information content (AvgIpc) is 2.69. The molecule has 2 aromatic rings. The third-order valence-corrected chi connectivity index (χ3v) is 2.67. The predicted octanol–water partition coefficient (Wildman–Crippen LogP) is 2.72. The summed E-state index contributed by atoms with van der Waals surface area (Å²) < 4.78 is 26.0. The zero-order valence-corrected chi connectivity index (χ0v) is 9.31. The van der Waals surface area contributed by atoms with Gasteiger partial charge in [-0.05, 0) is 18.6 Å². The van der Waals surface area contributed by atoms with Crippen molar-refractivity contribution in [2.75, 3.05) is 12.4 Å². The molecule has 0 aliphatic rings. The molecule has 88 valence electrons. The van der Waals surface area contributed by atoms with Gasteiger partial charge in [0.15, 0.2) is 5.69 Å². The number of anilines is 1. The van der Waals surface area contributed by atoms with Crippen LogP contribution >= 0.6 is 0 Å². The molecule has 0 bridgehead atoms. The molecule has 1 aromatic carbocycles. The molecule has 0 saturated carbocycles. The number of fused-ring (bicyclic) bond motifs is 1. The van der Waals surface area contributed by atoms with Crippen molar-refractivity contribution < 1.29 is 8.78 Å². The summed E-state index contributed by atoms with van der Waals surface area (Å²) in [7, 11) is 1.55. The molecule has 0 aliphatic carbocycles. The molecule has 0 spiro atoms. The maximum atomic E-state index is 13.0. The van der Waals surface area contributed by atoms with E-state index in [9.17, 15) is 8.78 Å². The van der Waals surface area contributed by atoms with Crippen molar-refractivity contribution in [2.24, 2.45) is 0 Å². The molecule has 0 atom stereocenters. The van der Waals surface area contributed by atoms with Crippen LogP contribution in [0.2, 0.25) is 0 Å². The van der Waals surface area contributed by atoms with Gasteiger partial charge < -0.3 is 5.32 Å². The van der Waals surface area contributed by atoms with Crippen LogP contribution in [0.4, 0.5) is 14.5 Å². The van der Waals surface area contributed by atoms with E-state index in [4.69, 9.17) is 5.26 Å². The second-order valence-electron chi connectivity index (χ2n) is 3.64. The fraction of sp³-hybridized carbons (Fsp3) is 0.273. The van der Waals surface area contributed by atoms with E-state index < -0.39 is 6.43 Å². The Morgan fingerprint density at radius 2 is 2.24 bits per heavy atom. The van der Waals surface area contributed by atoms with E-state index in [1.54, 1.807) is 20.0 Å². The Balaban J connectivity index is 2.92. The van der Waals surface area contributed by atoms with Gasteiger partial charge in [0, 0.05) is 12.6 Å². The van der Waals surface area contributed by atoms with Crippen molar-refractivity contribution in [3.8, 4) is 6.07 Å². The van der Waals surface area contributed by atoms with Crippen molar-refractivity contribution in [2.45, 2.75) is 13.3 Å². The number of benzene rings is 1. The van der Waals surface area contributed by atoms with E-state index >= 15 is 0 Å². The number of aromatic nitrogens is 2. The number of H-pyrrole nitrogens is 1. The number of halogens is 2. The second kappa shape index (κ2) is 4.01. The first kappa shape index (κ1) is 11.3. The number of aromatic amines is 1. The van der Waals surface area contributed by atoms with Crippen molar-refractivity contribution in [3.63, 3.8) is 0 Å². The second-order valence-corrected chi connectivity index (χ2v) is 3.64. The lowest BCUT2D eigenvalue weighted by Gasteiger charge is -2.12. The normalized spacial score (nSPS) is 10.8. The Morgan fingerprint density at radius 3 is 2.76 bits per heavy atom. The van der Waals surface area contributed by atoms with Gasteiger partial charge in [-0.25, -0.2) is 8.78 Å². The number of nitrogens with one attached hydrogen (secondary N) is 2. The molecule has 17 heavy (non-hydrogen) atoms. The summed E-state index contributed by atoms with van der Waals surface area (Å²) in [5.74, 6) is 0. The summed E-state index contributed by atoms with van der Waals surface area (Å²) >= 11 is 0. The minimum atomic E-state index is -2.59. The van der Waals surface area contributed by atoms with Crippen LogP contribution in [0.25, 0.3) is 10.9 Å². The van der Waals surface area contributed by atoms with E-state index in [2.05, 4.69) is 15.5 Å². The Bertz CT molecular complexity index is 610. The highest BCUT2D eigenvalue weighted by molar-refractivity contribution is 5.97. The third-order valence-electron chi connectivity index (χ3n) is 2.67. The van der Waals surface area contributed by atoms with Gasteiger partial charge in [0.2, 0.25) is 0 Å². The lowest BCUT2D eigenvalue weighted by molar-refractivity contribution is 0.151. The van der Waals surface area contributed by atoms with Crippen LogP contribution in [0.3, 0.4) is 0 Å². The van der Waals surface area contributed by atoms with Gasteiger partial charge in [-0.3, -0.25) is 5.10 Å². The van der Waals surface area contributed by atoms with E-state index in [-0.39, 0.29) is 16.9 Å². The summed E-state index contributed by atoms with van der Waals surface area (Å²) in [6.07, 6.45) is -2.59. The van der Waals surface area contributed by atoms with E-state index in [1.807, 2.05) is 6.07 Å². The predicted molar refractivity (Wildman–Crippen MR) is 60.0 cm³/mol. The molecule has 0 radical (unpaired) electrons. The fourth-order valence-electron chi connectivity index (χ4n) is 1.96. The van der Waals surface area contributed by atoms with E-state index in [0.717, 1.165) is 0 Å². The van der Waals surface area contributed by atoms with E-state index in [1.165, 1.54) is 0 Å². The summed E-state index contributed by atoms with van der Waals surface area (Å²) in [6.45, 7) is 1.61. The van der Waals surface area contributed by atoms with Gasteiger partial charge in [-0.2, -0.15) is 10.4 Å². The minimum Gasteiger partial charge on any atom is -0.387 e. The first-order valence-corrected chi connectivity index (χ1v) is 4.97. The topological polar surface area (TPSA) is 64.5 Å². The fourth-order valence-corrected chi connectivity index (χ4v) is 1.96. The lowest BCUT2D eigenvalue weighted by atomic mass is 10.0. The van der Waals surface area contributed by atoms with Crippen LogP contribution in [0.15, 0.2) is 6.07 Å². The molecule has 4 nitrogen and oxygen atoms in total. The van der Waals surface area contributed by atoms with Crippen molar-refractivity contribution >= 4 is 16.6 Å². The van der Waals surface area contributed by atoms with E-state index in [0.29, 0.717) is 16.5 Å². The molecular weight excluding hydrogens is 226 g/mol. The summed E-state index contributed by atoms with van der Waals surface area (Å²) in [6, 6.07) is 3.46. The number of alkyl halides is 2. The molecule has 0 fully saturated rings. The average molecular weight is 236 g/mol. The van der Waals surface area contributed by atoms with Gasteiger partial charge in [-0.15, -0.1) is 0 Å². The summed E-state index contributed by atoms with van der Waals surface area (Å²) in [5, 5.41) is 18.5. The van der Waals surface area contributed by atoms with Crippen LogP contribution in [0, 0.1) is 18.3 Å². The molecule has 0 aliphatic heterocycles. The van der Waals surface area contributed by atoms with Crippen molar-refractivity contribution in [1.29, 1.82) is 5.26 Å². The van der Waals surface area contributed by atoms with Gasteiger partial charge in [-0.1, -0.05) is 0 Å². The highest BCUT2D eigenvalue weighted by atomic mass is 19.3. The number of rotatable bonds is 2. The minimum absolute atomic E-state index is 0.0853. The monoisotopic (exact) mass is 236 g/mol. The van der Waals surface area contributed by atoms with Crippen molar-refractivity contribution in [1.82, 2.24) is 10.2 Å². The zero-order valence-electron chi connectivity index (χ0n) is 9.31. The Labute approximate surface area is 96.2 Å². The van der Waals surface area contributed by atoms with Crippen LogP contribution in [-0.4, -0.2) is 17.2 Å². The lowest BCUT2D eigenvalue weighted by Crippen LogP contribution is -2.00. The number of nitriles is 1. The summed E-state index contributed by atoms with van der Waals surface area (Å²) in [5.41, 5.74) is 1.34. The Hall–Kier alpha value is -2.16. The molecule has 2 rings (SSSR count). The number of aryl methyl sites for hydroxylation is 1. The quantitative estimate of drug-likeness (QED) is 0.842.